The molecule has 0 bridgehead atoms. The van der Waals surface area contributed by atoms with Crippen LogP contribution in [0.1, 0.15) is 32.8 Å². The van der Waals surface area contributed by atoms with E-state index in [0.717, 1.165) is 36.3 Å². The second kappa shape index (κ2) is 9.78. The summed E-state index contributed by atoms with van der Waals surface area (Å²) < 4.78 is 0. The van der Waals surface area contributed by atoms with E-state index in [1.54, 1.807) is 13.3 Å². The van der Waals surface area contributed by atoms with Crippen molar-refractivity contribution in [3.8, 4) is 0 Å². The summed E-state index contributed by atoms with van der Waals surface area (Å²) in [5.74, 6) is 0. The Bertz CT molecular complexity index is 609. The van der Waals surface area contributed by atoms with E-state index in [0.29, 0.717) is 0 Å². The molecule has 124 valence electrons. The first-order chi connectivity index (χ1) is 11.1. The third-order valence-electron chi connectivity index (χ3n) is 3.73. The molecule has 0 saturated heterocycles. The third kappa shape index (κ3) is 5.51. The Labute approximate surface area is 141 Å². The van der Waals surface area contributed by atoms with E-state index >= 15 is 0 Å². The number of benzene rings is 1. The van der Waals surface area contributed by atoms with Crippen LogP contribution in [0.3, 0.4) is 0 Å². The van der Waals surface area contributed by atoms with Crippen LogP contribution in [0.15, 0.2) is 52.0 Å². The van der Waals surface area contributed by atoms with Crippen LogP contribution in [0.2, 0.25) is 0 Å². The SMILES string of the molecule is C=C(/C=N\c1ccc(N(CC)CCC)cc1C)C(/C=N\C)=C/C. The van der Waals surface area contributed by atoms with Crippen molar-refractivity contribution >= 4 is 23.8 Å². The van der Waals surface area contributed by atoms with Gasteiger partial charge in [0.25, 0.3) is 0 Å². The minimum absolute atomic E-state index is 0.864. The fourth-order valence-electron chi connectivity index (χ4n) is 2.42. The minimum atomic E-state index is 0.864. The molecule has 0 N–H and O–H groups in total. The zero-order valence-corrected chi connectivity index (χ0v) is 15.1. The molecule has 0 aromatic heterocycles. The first kappa shape index (κ1) is 18.9. The molecule has 0 radical (unpaired) electrons. The first-order valence-corrected chi connectivity index (χ1v) is 8.24. The van der Waals surface area contributed by atoms with Crippen LogP contribution >= 0.6 is 0 Å². The van der Waals surface area contributed by atoms with Gasteiger partial charge in [-0.3, -0.25) is 9.98 Å². The zero-order valence-electron chi connectivity index (χ0n) is 15.1. The molecule has 0 unspecified atom stereocenters. The van der Waals surface area contributed by atoms with Gasteiger partial charge in [-0.2, -0.15) is 0 Å². The van der Waals surface area contributed by atoms with Crippen molar-refractivity contribution in [1.29, 1.82) is 0 Å². The fraction of sp³-hybridized carbons (Fsp3) is 0.400. The molecule has 3 nitrogen and oxygen atoms in total. The van der Waals surface area contributed by atoms with Crippen molar-refractivity contribution in [2.24, 2.45) is 9.98 Å². The number of aryl methyl sites for hydroxylation is 1. The normalized spacial score (nSPS) is 12.3. The van der Waals surface area contributed by atoms with Crippen LogP contribution in [-0.2, 0) is 0 Å². The maximum absolute atomic E-state index is 4.58. The molecule has 0 aliphatic carbocycles. The van der Waals surface area contributed by atoms with Crippen molar-refractivity contribution in [2.45, 2.75) is 34.1 Å². The lowest BCUT2D eigenvalue weighted by Crippen LogP contribution is -2.23. The van der Waals surface area contributed by atoms with Crippen molar-refractivity contribution in [2.75, 3.05) is 25.0 Å². The van der Waals surface area contributed by atoms with Crippen LogP contribution in [0, 0.1) is 6.92 Å². The molecule has 0 atom stereocenters. The highest BCUT2D eigenvalue weighted by atomic mass is 15.1. The number of hydrogen-bond donors (Lipinski definition) is 0. The van der Waals surface area contributed by atoms with Crippen LogP contribution in [-0.4, -0.2) is 32.6 Å². The van der Waals surface area contributed by atoms with Gasteiger partial charge in [0.2, 0.25) is 0 Å². The third-order valence-corrected chi connectivity index (χ3v) is 3.73. The molecule has 0 saturated carbocycles. The van der Waals surface area contributed by atoms with Crippen LogP contribution in [0.25, 0.3) is 0 Å². The summed E-state index contributed by atoms with van der Waals surface area (Å²) in [6, 6.07) is 6.43. The zero-order chi connectivity index (χ0) is 17.2. The van der Waals surface area contributed by atoms with Gasteiger partial charge in [-0.1, -0.05) is 19.6 Å². The van der Waals surface area contributed by atoms with Crippen molar-refractivity contribution in [1.82, 2.24) is 0 Å². The molecule has 0 aliphatic heterocycles. The number of anilines is 1. The van der Waals surface area contributed by atoms with E-state index in [1.165, 1.54) is 11.3 Å². The van der Waals surface area contributed by atoms with Gasteiger partial charge in [0, 0.05) is 38.3 Å². The Kier molecular flexibility index (Phi) is 8.03. The minimum Gasteiger partial charge on any atom is -0.372 e. The molecule has 0 spiro atoms. The van der Waals surface area contributed by atoms with Gasteiger partial charge in [0.1, 0.15) is 0 Å². The predicted molar refractivity (Wildman–Crippen MR) is 105 cm³/mol. The number of rotatable bonds is 8. The van der Waals surface area contributed by atoms with Gasteiger partial charge in [-0.25, -0.2) is 0 Å². The van der Waals surface area contributed by atoms with Gasteiger partial charge in [-0.05, 0) is 62.1 Å². The summed E-state index contributed by atoms with van der Waals surface area (Å²) in [6.07, 6.45) is 6.75. The Hall–Kier alpha value is -2.16. The van der Waals surface area contributed by atoms with Crippen molar-refractivity contribution < 1.29 is 0 Å². The molecule has 1 rings (SSSR count). The second-order valence-electron chi connectivity index (χ2n) is 5.47. The molecule has 0 heterocycles. The van der Waals surface area contributed by atoms with Crippen LogP contribution in [0.5, 0.6) is 0 Å². The fourth-order valence-corrected chi connectivity index (χ4v) is 2.42. The Morgan fingerprint density at radius 2 is 2.00 bits per heavy atom. The summed E-state index contributed by atoms with van der Waals surface area (Å²) in [5.41, 5.74) is 5.27. The molecular weight excluding hydrogens is 282 g/mol. The maximum Gasteiger partial charge on any atom is 0.0660 e. The number of aliphatic imine (C=N–C) groups is 2. The summed E-state index contributed by atoms with van der Waals surface area (Å²) in [6.45, 7) is 14.6. The average molecular weight is 311 g/mol. The van der Waals surface area contributed by atoms with Crippen LogP contribution < -0.4 is 4.90 Å². The van der Waals surface area contributed by atoms with E-state index in [9.17, 15) is 0 Å². The van der Waals surface area contributed by atoms with E-state index in [1.807, 2.05) is 19.2 Å². The highest BCUT2D eigenvalue weighted by Gasteiger charge is 2.05. The lowest BCUT2D eigenvalue weighted by Gasteiger charge is -2.23. The maximum atomic E-state index is 4.58. The molecular formula is C20H29N3. The summed E-state index contributed by atoms with van der Waals surface area (Å²) in [5, 5.41) is 0. The summed E-state index contributed by atoms with van der Waals surface area (Å²) >= 11 is 0. The quantitative estimate of drug-likeness (QED) is 0.483. The second-order valence-corrected chi connectivity index (χ2v) is 5.47. The molecule has 0 aliphatic rings. The van der Waals surface area contributed by atoms with E-state index in [2.05, 4.69) is 60.4 Å². The summed E-state index contributed by atoms with van der Waals surface area (Å²) in [7, 11) is 1.76. The predicted octanol–water partition coefficient (Wildman–Crippen LogP) is 5.14. The van der Waals surface area contributed by atoms with Gasteiger partial charge < -0.3 is 4.90 Å². The van der Waals surface area contributed by atoms with Crippen molar-refractivity contribution in [3.05, 3.63) is 47.6 Å². The monoisotopic (exact) mass is 311 g/mol. The first-order valence-electron chi connectivity index (χ1n) is 8.24. The lowest BCUT2D eigenvalue weighted by atomic mass is 10.1. The number of nitrogens with zero attached hydrogens (tertiary/aromatic N) is 3. The molecule has 1 aromatic carbocycles. The summed E-state index contributed by atoms with van der Waals surface area (Å²) in [4.78, 5) is 11.0. The highest BCUT2D eigenvalue weighted by Crippen LogP contribution is 2.25. The van der Waals surface area contributed by atoms with Gasteiger partial charge in [0.05, 0.1) is 5.69 Å². The Balaban J connectivity index is 2.94. The lowest BCUT2D eigenvalue weighted by molar-refractivity contribution is 0.791. The standard InChI is InChI=1S/C20H29N3/c1-7-12-23(9-3)19-10-11-20(16(4)13-19)22-14-17(5)18(8-2)15-21-6/h8,10-11,13-15H,5,7,9,12H2,1-4,6H3/b18-8+,21-15-,22-14-. The number of hydrogen-bond acceptors (Lipinski definition) is 3. The van der Waals surface area contributed by atoms with Gasteiger partial charge in [0.15, 0.2) is 0 Å². The van der Waals surface area contributed by atoms with Crippen LogP contribution in [0.4, 0.5) is 11.4 Å². The molecule has 0 fully saturated rings. The highest BCUT2D eigenvalue weighted by molar-refractivity contribution is 5.98. The Morgan fingerprint density at radius 3 is 2.52 bits per heavy atom. The molecule has 23 heavy (non-hydrogen) atoms. The average Bonchev–Trinajstić information content (AvgIpc) is 2.56. The van der Waals surface area contributed by atoms with E-state index in [-0.39, 0.29) is 0 Å². The number of allylic oxidation sites excluding steroid dienone is 3. The van der Waals surface area contributed by atoms with Gasteiger partial charge >= 0.3 is 0 Å². The molecule has 0 amide bonds. The Morgan fingerprint density at radius 1 is 1.26 bits per heavy atom. The van der Waals surface area contributed by atoms with Gasteiger partial charge in [-0.15, -0.1) is 0 Å². The van der Waals surface area contributed by atoms with E-state index < -0.39 is 0 Å². The molecule has 1 aromatic rings. The smallest absolute Gasteiger partial charge is 0.0660 e. The van der Waals surface area contributed by atoms with Crippen molar-refractivity contribution in [3.63, 3.8) is 0 Å². The largest absolute Gasteiger partial charge is 0.372 e. The van der Waals surface area contributed by atoms with E-state index in [4.69, 9.17) is 0 Å². The molecule has 3 heteroatoms. The topological polar surface area (TPSA) is 28.0 Å².